The van der Waals surface area contributed by atoms with E-state index in [-0.39, 0.29) is 23.0 Å². The van der Waals surface area contributed by atoms with Gasteiger partial charge in [0.1, 0.15) is 17.8 Å². The number of benzene rings is 1. The van der Waals surface area contributed by atoms with Gasteiger partial charge in [0.25, 0.3) is 5.56 Å². The Morgan fingerprint density at radius 3 is 2.17 bits per heavy atom. The molecule has 0 atom stereocenters. The number of ether oxygens (including phenoxy) is 2. The van der Waals surface area contributed by atoms with Crippen molar-refractivity contribution in [3.8, 4) is 29.0 Å². The molecule has 0 unspecified atom stereocenters. The molecule has 0 aliphatic heterocycles. The lowest BCUT2D eigenvalue weighted by Gasteiger charge is -2.15. The summed E-state index contributed by atoms with van der Waals surface area (Å²) in [4.78, 5) is 20.2. The van der Waals surface area contributed by atoms with Gasteiger partial charge < -0.3 is 9.47 Å². The van der Waals surface area contributed by atoms with Crippen LogP contribution in [0.1, 0.15) is 0 Å². The van der Waals surface area contributed by atoms with Crippen molar-refractivity contribution < 1.29 is 35.8 Å². The topological polar surface area (TPSA) is 94.9 Å². The van der Waals surface area contributed by atoms with Crippen LogP contribution in [0.25, 0.3) is 17.2 Å². The smallest absolute Gasteiger partial charge is 0.422 e. The highest BCUT2D eigenvalue weighted by molar-refractivity contribution is 5.49. The van der Waals surface area contributed by atoms with Crippen molar-refractivity contribution >= 4 is 0 Å². The van der Waals surface area contributed by atoms with Crippen LogP contribution in [-0.4, -0.2) is 50.3 Å². The van der Waals surface area contributed by atoms with E-state index >= 15 is 0 Å². The first-order chi connectivity index (χ1) is 14.0. The molecule has 0 amide bonds. The van der Waals surface area contributed by atoms with Crippen LogP contribution >= 0.6 is 0 Å². The molecule has 2 heterocycles. The molecule has 0 aliphatic carbocycles. The van der Waals surface area contributed by atoms with Crippen molar-refractivity contribution in [3.63, 3.8) is 0 Å². The van der Waals surface area contributed by atoms with Crippen LogP contribution in [0.4, 0.5) is 26.3 Å². The van der Waals surface area contributed by atoms with E-state index < -0.39 is 37.1 Å². The highest BCUT2D eigenvalue weighted by Crippen LogP contribution is 2.23. The minimum absolute atomic E-state index is 0.00634. The SMILES string of the molecule is O=c1cc(-c2ncn[nH]2)nc(OCC(F)(F)F)n1-c1ccc(OCC(F)(F)F)cc1. The lowest BCUT2D eigenvalue weighted by molar-refractivity contribution is -0.155. The zero-order valence-corrected chi connectivity index (χ0v) is 14.7. The Kier molecular flexibility index (Phi) is 5.67. The van der Waals surface area contributed by atoms with Crippen molar-refractivity contribution in [1.82, 2.24) is 24.7 Å². The number of H-pyrrole nitrogens is 1. The van der Waals surface area contributed by atoms with Gasteiger partial charge in [-0.05, 0) is 24.3 Å². The average molecular weight is 435 g/mol. The van der Waals surface area contributed by atoms with Gasteiger partial charge in [-0.25, -0.2) is 9.55 Å². The van der Waals surface area contributed by atoms with E-state index in [4.69, 9.17) is 0 Å². The fourth-order valence-electron chi connectivity index (χ4n) is 2.25. The minimum Gasteiger partial charge on any atom is -0.484 e. The number of halogens is 6. The van der Waals surface area contributed by atoms with Gasteiger partial charge >= 0.3 is 18.4 Å². The Labute approximate surface area is 163 Å². The molecule has 30 heavy (non-hydrogen) atoms. The molecule has 0 bridgehead atoms. The average Bonchev–Trinajstić information content (AvgIpc) is 3.18. The largest absolute Gasteiger partial charge is 0.484 e. The van der Waals surface area contributed by atoms with E-state index in [0.717, 1.165) is 29.1 Å². The summed E-state index contributed by atoms with van der Waals surface area (Å²) in [6.45, 7) is -3.26. The van der Waals surface area contributed by atoms with Crippen LogP contribution < -0.4 is 15.0 Å². The number of nitrogens with one attached hydrogen (secondary N) is 1. The Morgan fingerprint density at radius 1 is 0.967 bits per heavy atom. The number of nitrogens with zero attached hydrogens (tertiary/aromatic N) is 4. The van der Waals surface area contributed by atoms with Crippen molar-refractivity contribution in [2.75, 3.05) is 13.2 Å². The molecule has 1 aromatic carbocycles. The van der Waals surface area contributed by atoms with E-state index in [0.29, 0.717) is 0 Å². The van der Waals surface area contributed by atoms with Crippen LogP contribution in [0.15, 0.2) is 41.5 Å². The summed E-state index contributed by atoms with van der Waals surface area (Å²) in [5.74, 6) is -0.139. The van der Waals surface area contributed by atoms with Gasteiger partial charge in [-0.15, -0.1) is 0 Å². The van der Waals surface area contributed by atoms with Crippen LogP contribution in [0, 0.1) is 0 Å². The Morgan fingerprint density at radius 2 is 1.60 bits per heavy atom. The van der Waals surface area contributed by atoms with E-state index in [9.17, 15) is 31.1 Å². The third-order valence-electron chi connectivity index (χ3n) is 3.41. The zero-order chi connectivity index (χ0) is 21.9. The van der Waals surface area contributed by atoms with Gasteiger partial charge in [-0.3, -0.25) is 9.89 Å². The van der Waals surface area contributed by atoms with Gasteiger partial charge in [0, 0.05) is 6.07 Å². The maximum absolute atomic E-state index is 12.6. The van der Waals surface area contributed by atoms with Crippen LogP contribution in [0.5, 0.6) is 11.8 Å². The summed E-state index contributed by atoms with van der Waals surface area (Å²) in [7, 11) is 0. The van der Waals surface area contributed by atoms with E-state index in [1.54, 1.807) is 0 Å². The first kappa shape index (κ1) is 21.1. The van der Waals surface area contributed by atoms with Crippen molar-refractivity contribution in [2.24, 2.45) is 0 Å². The molecule has 14 heteroatoms. The third kappa shape index (κ3) is 5.48. The number of aromatic nitrogens is 5. The zero-order valence-electron chi connectivity index (χ0n) is 14.7. The molecular weight excluding hydrogens is 424 g/mol. The number of rotatable bonds is 6. The number of aromatic amines is 1. The highest BCUT2D eigenvalue weighted by atomic mass is 19.4. The minimum atomic E-state index is -4.71. The second kappa shape index (κ2) is 8.04. The maximum atomic E-state index is 12.6. The monoisotopic (exact) mass is 435 g/mol. The number of alkyl halides is 6. The van der Waals surface area contributed by atoms with Crippen LogP contribution in [0.3, 0.4) is 0 Å². The molecule has 3 aromatic rings. The standard InChI is InChI=1S/C16H11F6N5O3/c17-15(18,19)6-29-10-3-1-9(2-4-10)27-12(28)5-11(13-23-8-24-26-13)25-14(27)30-7-16(20,21)22/h1-5,8H,6-7H2,(H,23,24,26). The molecule has 1 N–H and O–H groups in total. The maximum Gasteiger partial charge on any atom is 0.422 e. The predicted octanol–water partition coefficient (Wildman–Crippen LogP) is 2.90. The van der Waals surface area contributed by atoms with Crippen molar-refractivity contribution in [1.29, 1.82) is 0 Å². The molecule has 0 saturated heterocycles. The quantitative estimate of drug-likeness (QED) is 0.599. The van der Waals surface area contributed by atoms with E-state index in [2.05, 4.69) is 29.6 Å². The molecule has 0 saturated carbocycles. The summed E-state index contributed by atoms with van der Waals surface area (Å²) >= 11 is 0. The predicted molar refractivity (Wildman–Crippen MR) is 88.3 cm³/mol. The molecular formula is C16H11F6N5O3. The highest BCUT2D eigenvalue weighted by Gasteiger charge is 2.30. The summed E-state index contributed by atoms with van der Waals surface area (Å²) in [6.07, 6.45) is -8.15. The molecule has 8 nitrogen and oxygen atoms in total. The molecule has 160 valence electrons. The number of hydrogen-bond acceptors (Lipinski definition) is 6. The summed E-state index contributed by atoms with van der Waals surface area (Å²) in [5, 5.41) is 5.98. The Balaban J connectivity index is 1.97. The van der Waals surface area contributed by atoms with Crippen LogP contribution in [0.2, 0.25) is 0 Å². The molecule has 3 rings (SSSR count). The molecule has 0 aliphatic rings. The fraction of sp³-hybridized carbons (Fsp3) is 0.250. The van der Waals surface area contributed by atoms with Gasteiger partial charge in [0.05, 0.1) is 5.69 Å². The van der Waals surface area contributed by atoms with Crippen molar-refractivity contribution in [3.05, 3.63) is 47.0 Å². The lowest BCUT2D eigenvalue weighted by Crippen LogP contribution is -2.26. The lowest BCUT2D eigenvalue weighted by atomic mass is 10.3. The van der Waals surface area contributed by atoms with Gasteiger partial charge in [-0.2, -0.15) is 36.4 Å². The van der Waals surface area contributed by atoms with E-state index in [1.165, 1.54) is 12.1 Å². The first-order valence-corrected chi connectivity index (χ1v) is 8.01. The Hall–Kier alpha value is -3.58. The molecule has 2 aromatic heterocycles. The molecule has 0 fully saturated rings. The Bertz CT molecular complexity index is 1050. The van der Waals surface area contributed by atoms with Crippen molar-refractivity contribution in [2.45, 2.75) is 12.4 Å². The van der Waals surface area contributed by atoms with Gasteiger partial charge in [0.15, 0.2) is 19.0 Å². The fourth-order valence-corrected chi connectivity index (χ4v) is 2.25. The second-order valence-electron chi connectivity index (χ2n) is 5.73. The third-order valence-corrected chi connectivity index (χ3v) is 3.41. The summed E-state index contributed by atoms with van der Waals surface area (Å²) in [6, 6.07) is 4.86. The number of hydrogen-bond donors (Lipinski definition) is 1. The van der Waals surface area contributed by atoms with Gasteiger partial charge in [-0.1, -0.05) is 0 Å². The second-order valence-corrected chi connectivity index (χ2v) is 5.73. The summed E-state index contributed by atoms with van der Waals surface area (Å²) in [5.41, 5.74) is -0.943. The van der Waals surface area contributed by atoms with Gasteiger partial charge in [0.2, 0.25) is 0 Å². The first-order valence-electron chi connectivity index (χ1n) is 8.01. The van der Waals surface area contributed by atoms with Crippen LogP contribution in [-0.2, 0) is 0 Å². The normalized spacial score (nSPS) is 12.1. The van der Waals surface area contributed by atoms with E-state index in [1.807, 2.05) is 0 Å². The molecule has 0 spiro atoms. The molecule has 0 radical (unpaired) electrons. The summed E-state index contributed by atoms with van der Waals surface area (Å²) < 4.78 is 84.5.